The molecule has 0 aliphatic carbocycles. The van der Waals surface area contributed by atoms with Gasteiger partial charge in [0.05, 0.1) is 25.3 Å². The maximum atomic E-state index is 11.5. The largest absolute Gasteiger partial charge is 0.289 e. The molecular formula is C10O2S12. The van der Waals surface area contributed by atoms with Crippen molar-refractivity contribution in [3.8, 4) is 0 Å². The lowest BCUT2D eigenvalue weighted by Crippen LogP contribution is -2.06. The van der Waals surface area contributed by atoms with E-state index in [9.17, 15) is 9.59 Å². The Hall–Kier alpha value is 2.24. The molecule has 14 heteroatoms. The lowest BCUT2D eigenvalue weighted by Gasteiger charge is -2.25. The molecule has 4 aliphatic rings. The topological polar surface area (TPSA) is 34.1 Å². The van der Waals surface area contributed by atoms with Gasteiger partial charge in [-0.25, -0.2) is 0 Å². The van der Waals surface area contributed by atoms with E-state index in [4.69, 9.17) is 0 Å². The van der Waals surface area contributed by atoms with Crippen LogP contribution in [0, 0.1) is 0 Å². The third-order valence-corrected chi connectivity index (χ3v) is 21.8. The second-order valence-electron chi connectivity index (χ2n) is 4.45. The molecule has 6 rings (SSSR count). The minimum atomic E-state index is 0.0290. The van der Waals surface area contributed by atoms with Crippen molar-refractivity contribution in [2.45, 2.75) is 22.3 Å². The first-order chi connectivity index (χ1) is 11.5. The van der Waals surface area contributed by atoms with Crippen LogP contribution in [0.15, 0.2) is 34.9 Å². The van der Waals surface area contributed by atoms with Crippen LogP contribution in [-0.2, 0) is 0 Å². The predicted octanol–water partition coefficient (Wildman–Crippen LogP) is 7.06. The van der Waals surface area contributed by atoms with Crippen LogP contribution in [0.1, 0.15) is 0 Å². The summed E-state index contributed by atoms with van der Waals surface area (Å²) in [4.78, 5) is 23.1. The molecule has 2 aromatic heterocycles. The lowest BCUT2D eigenvalue weighted by atomic mass is 11.1. The summed E-state index contributed by atoms with van der Waals surface area (Å²) in [7, 11) is 0. The summed E-state index contributed by atoms with van der Waals surface area (Å²) in [5.41, 5.74) is 0. The molecule has 6 heterocycles. The van der Waals surface area contributed by atoms with E-state index in [1.54, 1.807) is 0 Å². The second-order valence-corrected chi connectivity index (χ2v) is 23.3. The van der Waals surface area contributed by atoms with Gasteiger partial charge in [0.1, 0.15) is 0 Å². The Kier molecular flexibility index (Phi) is 4.19. The molecule has 0 saturated carbocycles. The van der Waals surface area contributed by atoms with Crippen molar-refractivity contribution in [2.24, 2.45) is 0 Å². The zero-order chi connectivity index (χ0) is 16.1. The van der Waals surface area contributed by atoms with E-state index in [0.29, 0.717) is 0 Å². The zero-order valence-corrected chi connectivity index (χ0v) is 20.5. The summed E-state index contributed by atoms with van der Waals surface area (Å²) >= 11 is 20.7. The van der Waals surface area contributed by atoms with Crippen LogP contribution in [0.25, 0.3) is 0 Å². The Morgan fingerprint density at radius 3 is 1.04 bits per heavy atom. The van der Waals surface area contributed by atoms with Crippen molar-refractivity contribution < 1.29 is 0 Å². The Bertz CT molecular complexity index is 880. The van der Waals surface area contributed by atoms with Crippen molar-refractivity contribution in [2.75, 3.05) is 0 Å². The highest BCUT2D eigenvalue weighted by molar-refractivity contribution is 8.63. The molecule has 4 aliphatic heterocycles. The van der Waals surface area contributed by atoms with Crippen LogP contribution in [0.5, 0.6) is 0 Å². The highest BCUT2D eigenvalue weighted by Crippen LogP contribution is 2.85. The Morgan fingerprint density at radius 2 is 0.750 bits per heavy atom. The minimum absolute atomic E-state index is 0.0290. The fraction of sp³-hybridized carbons (Fsp3) is 0.200. The number of fused-ring (bicyclic) bond motifs is 2. The minimum Gasteiger partial charge on any atom is -0.265 e. The second kappa shape index (κ2) is 5.88. The molecule has 2 spiro atoms. The van der Waals surface area contributed by atoms with E-state index in [1.807, 2.05) is 94.1 Å². The summed E-state index contributed by atoms with van der Waals surface area (Å²) in [6, 6.07) is 0. The molecule has 0 bridgehead atoms. The highest BCUT2D eigenvalue weighted by atomic mass is 32.4. The molecule has 0 aromatic carbocycles. The van der Waals surface area contributed by atoms with E-state index < -0.39 is 0 Å². The van der Waals surface area contributed by atoms with E-state index in [1.165, 1.54) is 70.7 Å². The molecule has 124 valence electrons. The first kappa shape index (κ1) is 17.1. The van der Waals surface area contributed by atoms with Crippen LogP contribution < -0.4 is 8.11 Å². The van der Waals surface area contributed by atoms with Gasteiger partial charge in [-0.2, -0.15) is 0 Å². The molecule has 2 aromatic rings. The lowest BCUT2D eigenvalue weighted by molar-refractivity contribution is 1.56. The van der Waals surface area contributed by atoms with Gasteiger partial charge in [0.2, 0.25) is 0 Å². The van der Waals surface area contributed by atoms with Gasteiger partial charge in [0.25, 0.3) is 8.11 Å². The summed E-state index contributed by atoms with van der Waals surface area (Å²) in [6.07, 6.45) is 0. The third kappa shape index (κ3) is 2.65. The average molecular weight is 537 g/mol. The van der Waals surface area contributed by atoms with Gasteiger partial charge in [-0.15, -0.1) is 0 Å². The van der Waals surface area contributed by atoms with Gasteiger partial charge in [-0.05, 0) is 0 Å². The normalized spacial score (nSPS) is 25.0. The first-order valence-electron chi connectivity index (χ1n) is 6.06. The van der Waals surface area contributed by atoms with Crippen LogP contribution in [0.4, 0.5) is 0 Å². The van der Waals surface area contributed by atoms with Gasteiger partial charge < -0.3 is 0 Å². The maximum absolute atomic E-state index is 11.5. The van der Waals surface area contributed by atoms with Gasteiger partial charge in [-0.3, -0.25) is 9.59 Å². The average Bonchev–Trinajstić information content (AvgIpc) is 3.22. The zero-order valence-electron chi connectivity index (χ0n) is 10.7. The van der Waals surface area contributed by atoms with Gasteiger partial charge in [0, 0.05) is 0 Å². The molecule has 0 amide bonds. The Labute approximate surface area is 185 Å². The molecule has 0 fully saturated rings. The summed E-state index contributed by atoms with van der Waals surface area (Å²) < 4.78 is 8.06. The predicted molar refractivity (Wildman–Crippen MR) is 123 cm³/mol. The fourth-order valence-electron chi connectivity index (χ4n) is 2.13. The van der Waals surface area contributed by atoms with Crippen LogP contribution in [0.2, 0.25) is 0 Å². The third-order valence-electron chi connectivity index (χ3n) is 2.95. The SMILES string of the molecule is O=c1sc2c(s1)SC1(SC3=C(S1)SC1(S3)Sc3sc(=O)sc3S1)S2. The summed E-state index contributed by atoms with van der Waals surface area (Å²) in [5, 5.41) is 0. The van der Waals surface area contributed by atoms with Crippen LogP contribution in [0.3, 0.4) is 0 Å². The molecule has 2 nitrogen and oxygen atoms in total. The molecule has 0 saturated heterocycles. The van der Waals surface area contributed by atoms with Gasteiger partial charge >= 0.3 is 0 Å². The van der Waals surface area contributed by atoms with Gasteiger partial charge in [-0.1, -0.05) is 139 Å². The van der Waals surface area contributed by atoms with Crippen molar-refractivity contribution in [1.82, 2.24) is 0 Å². The van der Waals surface area contributed by atoms with E-state index >= 15 is 0 Å². The highest BCUT2D eigenvalue weighted by Gasteiger charge is 2.57. The van der Waals surface area contributed by atoms with Crippen molar-refractivity contribution >= 4 is 139 Å². The van der Waals surface area contributed by atoms with Crippen LogP contribution in [-0.4, -0.2) is 5.49 Å². The molecule has 0 unspecified atom stereocenters. The van der Waals surface area contributed by atoms with E-state index in [2.05, 4.69) is 0 Å². The van der Waals surface area contributed by atoms with Crippen LogP contribution >= 0.6 is 139 Å². The number of rotatable bonds is 0. The maximum Gasteiger partial charge on any atom is 0.289 e. The first-order valence-corrected chi connectivity index (χ1v) is 15.9. The smallest absolute Gasteiger partial charge is 0.265 e. The fourth-order valence-corrected chi connectivity index (χ4v) is 27.2. The number of hydrogen-bond donors (Lipinski definition) is 0. The van der Waals surface area contributed by atoms with E-state index in [-0.39, 0.29) is 13.6 Å². The molecule has 0 atom stereocenters. The van der Waals surface area contributed by atoms with Crippen molar-refractivity contribution in [1.29, 1.82) is 0 Å². The molecule has 0 radical (unpaired) electrons. The monoisotopic (exact) mass is 536 g/mol. The summed E-state index contributed by atoms with van der Waals surface area (Å²) in [6.45, 7) is 0. The summed E-state index contributed by atoms with van der Waals surface area (Å²) in [5.74, 6) is 0. The molecule has 0 N–H and O–H groups in total. The Morgan fingerprint density at radius 1 is 0.458 bits per heavy atom. The Balaban J connectivity index is 1.22. The number of hydrogen-bond acceptors (Lipinski definition) is 14. The quantitative estimate of drug-likeness (QED) is 0.349. The van der Waals surface area contributed by atoms with Crippen molar-refractivity contribution in [3.63, 3.8) is 0 Å². The van der Waals surface area contributed by atoms with E-state index in [0.717, 1.165) is 0 Å². The van der Waals surface area contributed by atoms with Gasteiger partial charge in [0.15, 0.2) is 5.49 Å². The molecular weight excluding hydrogens is 537 g/mol. The molecule has 24 heavy (non-hydrogen) atoms. The van der Waals surface area contributed by atoms with Crippen molar-refractivity contribution in [3.05, 3.63) is 26.2 Å². The number of thioether (sulfide) groups is 8. The standard InChI is InChI=1S/C10O2S12/c11-7-13-1-2(14-7)18-9(17-1)21-5-6(22-9)24-10(23-5)19-3-4(20-10)16-8(12)15-3.